The molecule has 1 aliphatic rings. The number of hydrogen-bond donors (Lipinski definition) is 0. The van der Waals surface area contributed by atoms with Gasteiger partial charge >= 0.3 is 0 Å². The maximum atomic E-state index is 4.95. The summed E-state index contributed by atoms with van der Waals surface area (Å²) in [4.78, 5) is 9.49. The second kappa shape index (κ2) is 8.83. The minimum absolute atomic E-state index is 0.539. The van der Waals surface area contributed by atoms with Gasteiger partial charge in [0.1, 0.15) is 0 Å². The van der Waals surface area contributed by atoms with Crippen LogP contribution in [0.3, 0.4) is 0 Å². The number of anilines is 3. The summed E-state index contributed by atoms with van der Waals surface area (Å²) in [5, 5.41) is 8.72. The van der Waals surface area contributed by atoms with Crippen molar-refractivity contribution in [2.24, 2.45) is 0 Å². The van der Waals surface area contributed by atoms with Gasteiger partial charge < -0.3 is 9.80 Å². The molecule has 1 fully saturated rings. The van der Waals surface area contributed by atoms with Crippen molar-refractivity contribution in [3.63, 3.8) is 0 Å². The average Bonchev–Trinajstić information content (AvgIpc) is 2.79. The lowest BCUT2D eigenvalue weighted by molar-refractivity contribution is 0.446. The van der Waals surface area contributed by atoms with Crippen LogP contribution in [-0.2, 0) is 6.54 Å². The topological polar surface area (TPSA) is 45.2 Å². The van der Waals surface area contributed by atoms with Crippen LogP contribution in [0.25, 0.3) is 0 Å². The third-order valence-corrected chi connectivity index (χ3v) is 5.42. The van der Waals surface area contributed by atoms with Gasteiger partial charge in [0.05, 0.1) is 12.7 Å². The standard InChI is InChI=1S/C23H27N5/c1-2-20-13-9-10-16-27(20)22-17-24-26-23(25-22)28(21-14-7-4-8-15-21)18-19-11-5-3-6-12-19/h3-8,11-12,14-15,17,20H,2,9-10,13,16,18H2,1H3. The van der Waals surface area contributed by atoms with Gasteiger partial charge in [-0.15, -0.1) is 5.10 Å². The molecule has 1 saturated heterocycles. The number of nitrogens with zero attached hydrogens (tertiary/aromatic N) is 5. The van der Waals surface area contributed by atoms with Crippen molar-refractivity contribution < 1.29 is 0 Å². The summed E-state index contributed by atoms with van der Waals surface area (Å²) < 4.78 is 0. The third kappa shape index (κ3) is 4.14. The molecule has 2 heterocycles. The Kier molecular flexibility index (Phi) is 5.80. The predicted molar refractivity (Wildman–Crippen MR) is 114 cm³/mol. The van der Waals surface area contributed by atoms with Crippen molar-refractivity contribution in [1.82, 2.24) is 15.2 Å². The molecule has 1 aliphatic heterocycles. The largest absolute Gasteiger partial charge is 0.352 e. The zero-order valence-corrected chi connectivity index (χ0v) is 16.4. The molecule has 1 aromatic heterocycles. The van der Waals surface area contributed by atoms with E-state index in [1.54, 1.807) is 0 Å². The van der Waals surface area contributed by atoms with Crippen molar-refractivity contribution in [3.05, 3.63) is 72.4 Å². The van der Waals surface area contributed by atoms with Crippen LogP contribution in [0.15, 0.2) is 66.9 Å². The fourth-order valence-corrected chi connectivity index (χ4v) is 3.92. The van der Waals surface area contributed by atoms with E-state index in [0.717, 1.165) is 24.5 Å². The van der Waals surface area contributed by atoms with E-state index in [9.17, 15) is 0 Å². The van der Waals surface area contributed by atoms with Gasteiger partial charge in [-0.25, -0.2) is 0 Å². The van der Waals surface area contributed by atoms with Crippen LogP contribution in [0.2, 0.25) is 0 Å². The Morgan fingerprint density at radius 1 is 1.00 bits per heavy atom. The molecule has 0 spiro atoms. The molecule has 5 heteroatoms. The highest BCUT2D eigenvalue weighted by Crippen LogP contribution is 2.28. The molecule has 0 saturated carbocycles. The van der Waals surface area contributed by atoms with Crippen LogP contribution in [0.1, 0.15) is 38.2 Å². The molecule has 1 atom stereocenters. The number of aromatic nitrogens is 3. The predicted octanol–water partition coefficient (Wildman–Crippen LogP) is 4.98. The zero-order chi connectivity index (χ0) is 19.2. The van der Waals surface area contributed by atoms with Crippen LogP contribution in [0.5, 0.6) is 0 Å². The Morgan fingerprint density at radius 2 is 1.75 bits per heavy atom. The summed E-state index contributed by atoms with van der Waals surface area (Å²) in [5.74, 6) is 1.58. The Labute approximate surface area is 167 Å². The molecule has 0 N–H and O–H groups in total. The smallest absolute Gasteiger partial charge is 0.252 e. The first-order valence-electron chi connectivity index (χ1n) is 10.2. The summed E-state index contributed by atoms with van der Waals surface area (Å²) in [6.07, 6.45) is 6.67. The lowest BCUT2D eigenvalue weighted by Gasteiger charge is -2.36. The van der Waals surface area contributed by atoms with Gasteiger partial charge in [0.25, 0.3) is 5.95 Å². The Hall–Kier alpha value is -2.95. The lowest BCUT2D eigenvalue weighted by atomic mass is 10.0. The van der Waals surface area contributed by atoms with E-state index < -0.39 is 0 Å². The molecule has 1 unspecified atom stereocenters. The van der Waals surface area contributed by atoms with Crippen LogP contribution in [0.4, 0.5) is 17.5 Å². The molecule has 0 bridgehead atoms. The highest BCUT2D eigenvalue weighted by atomic mass is 15.4. The molecule has 4 rings (SSSR count). The molecule has 0 radical (unpaired) electrons. The van der Waals surface area contributed by atoms with E-state index in [1.807, 2.05) is 30.5 Å². The maximum absolute atomic E-state index is 4.95. The first kappa shape index (κ1) is 18.4. The van der Waals surface area contributed by atoms with Crippen molar-refractivity contribution in [2.75, 3.05) is 16.3 Å². The quantitative estimate of drug-likeness (QED) is 0.610. The van der Waals surface area contributed by atoms with Crippen LogP contribution >= 0.6 is 0 Å². The van der Waals surface area contributed by atoms with Gasteiger partial charge in [0.15, 0.2) is 5.82 Å². The van der Waals surface area contributed by atoms with Crippen molar-refractivity contribution in [2.45, 2.75) is 45.2 Å². The Bertz CT molecular complexity index is 868. The van der Waals surface area contributed by atoms with Crippen LogP contribution < -0.4 is 9.80 Å². The Morgan fingerprint density at radius 3 is 2.50 bits per heavy atom. The summed E-state index contributed by atoms with van der Waals surface area (Å²) >= 11 is 0. The molecule has 28 heavy (non-hydrogen) atoms. The molecule has 5 nitrogen and oxygen atoms in total. The monoisotopic (exact) mass is 373 g/mol. The zero-order valence-electron chi connectivity index (χ0n) is 16.4. The van der Waals surface area contributed by atoms with E-state index in [-0.39, 0.29) is 0 Å². The highest BCUT2D eigenvalue weighted by molar-refractivity contribution is 5.58. The number of para-hydroxylation sites is 1. The molecule has 3 aromatic rings. The molecular weight excluding hydrogens is 346 g/mol. The SMILES string of the molecule is CCC1CCCCN1c1cnnc(N(Cc2ccccc2)c2ccccc2)n1. The van der Waals surface area contributed by atoms with Gasteiger partial charge in [0, 0.05) is 18.3 Å². The van der Waals surface area contributed by atoms with Crippen LogP contribution in [-0.4, -0.2) is 27.8 Å². The van der Waals surface area contributed by atoms with Crippen molar-refractivity contribution in [1.29, 1.82) is 0 Å². The molecule has 2 aromatic carbocycles. The first-order chi connectivity index (χ1) is 13.8. The number of rotatable bonds is 6. The normalized spacial score (nSPS) is 16.8. The van der Waals surface area contributed by atoms with Gasteiger partial charge in [-0.1, -0.05) is 55.5 Å². The number of hydrogen-bond acceptors (Lipinski definition) is 5. The minimum Gasteiger partial charge on any atom is -0.352 e. The average molecular weight is 374 g/mol. The van der Waals surface area contributed by atoms with Gasteiger partial charge in [0.2, 0.25) is 0 Å². The molecule has 144 valence electrons. The number of piperidine rings is 1. The highest BCUT2D eigenvalue weighted by Gasteiger charge is 2.24. The summed E-state index contributed by atoms with van der Waals surface area (Å²) in [6.45, 7) is 4.00. The van der Waals surface area contributed by atoms with E-state index in [1.165, 1.54) is 24.8 Å². The first-order valence-corrected chi connectivity index (χ1v) is 10.2. The van der Waals surface area contributed by atoms with Crippen molar-refractivity contribution in [3.8, 4) is 0 Å². The van der Waals surface area contributed by atoms with Gasteiger partial charge in [-0.05, 0) is 43.4 Å². The molecule has 0 amide bonds. The van der Waals surface area contributed by atoms with E-state index in [4.69, 9.17) is 4.98 Å². The summed E-state index contributed by atoms with van der Waals surface area (Å²) in [6, 6.07) is 21.3. The summed E-state index contributed by atoms with van der Waals surface area (Å²) in [5.41, 5.74) is 2.28. The van der Waals surface area contributed by atoms with Crippen LogP contribution in [0, 0.1) is 0 Å². The summed E-state index contributed by atoms with van der Waals surface area (Å²) in [7, 11) is 0. The Balaban J connectivity index is 1.68. The molecular formula is C23H27N5. The van der Waals surface area contributed by atoms with E-state index in [2.05, 4.69) is 63.3 Å². The van der Waals surface area contributed by atoms with Gasteiger partial charge in [-0.3, -0.25) is 0 Å². The van der Waals surface area contributed by atoms with Gasteiger partial charge in [-0.2, -0.15) is 10.1 Å². The lowest BCUT2D eigenvalue weighted by Crippen LogP contribution is -2.40. The fourth-order valence-electron chi connectivity index (χ4n) is 3.92. The maximum Gasteiger partial charge on any atom is 0.252 e. The molecule has 0 aliphatic carbocycles. The minimum atomic E-state index is 0.539. The van der Waals surface area contributed by atoms with E-state index in [0.29, 0.717) is 18.5 Å². The fraction of sp³-hybridized carbons (Fsp3) is 0.348. The second-order valence-corrected chi connectivity index (χ2v) is 7.27. The number of benzene rings is 2. The second-order valence-electron chi connectivity index (χ2n) is 7.27. The van der Waals surface area contributed by atoms with Crippen molar-refractivity contribution >= 4 is 17.5 Å². The van der Waals surface area contributed by atoms with E-state index >= 15 is 0 Å². The third-order valence-electron chi connectivity index (χ3n) is 5.42.